The smallest absolute Gasteiger partial charge is 0.227 e. The second-order valence-electron chi connectivity index (χ2n) is 7.65. The molecule has 5 heteroatoms. The summed E-state index contributed by atoms with van der Waals surface area (Å²) in [6.45, 7) is 4.38. The van der Waals surface area contributed by atoms with Gasteiger partial charge in [0.1, 0.15) is 0 Å². The monoisotopic (exact) mass is 343 g/mol. The summed E-state index contributed by atoms with van der Waals surface area (Å²) in [5.41, 5.74) is 8.00. The van der Waals surface area contributed by atoms with Crippen molar-refractivity contribution in [3.63, 3.8) is 0 Å². The van der Waals surface area contributed by atoms with Crippen LogP contribution in [0.15, 0.2) is 24.3 Å². The number of hydrogen-bond acceptors (Lipinski definition) is 3. The minimum atomic E-state index is -0.0351. The highest BCUT2D eigenvalue weighted by Gasteiger charge is 2.48. The first-order valence-electron chi connectivity index (χ1n) is 9.42. The largest absolute Gasteiger partial charge is 0.352 e. The summed E-state index contributed by atoms with van der Waals surface area (Å²) in [4.78, 5) is 24.6. The van der Waals surface area contributed by atoms with E-state index in [0.29, 0.717) is 18.4 Å². The van der Waals surface area contributed by atoms with E-state index in [4.69, 9.17) is 5.73 Å². The summed E-state index contributed by atoms with van der Waals surface area (Å²) in [5.74, 6) is 1.04. The third kappa shape index (κ3) is 3.87. The zero-order valence-corrected chi connectivity index (χ0v) is 15.1. The predicted octanol–water partition coefficient (Wildman–Crippen LogP) is 2.66. The first kappa shape index (κ1) is 17.9. The van der Waals surface area contributed by atoms with E-state index >= 15 is 0 Å². The van der Waals surface area contributed by atoms with Gasteiger partial charge in [-0.3, -0.25) is 9.59 Å². The number of rotatable bonds is 6. The normalized spacial score (nSPS) is 28.6. The van der Waals surface area contributed by atoms with Crippen LogP contribution >= 0.6 is 0 Å². The zero-order valence-electron chi connectivity index (χ0n) is 15.1. The van der Waals surface area contributed by atoms with Gasteiger partial charge < -0.3 is 16.4 Å². The molecule has 2 saturated carbocycles. The fourth-order valence-electron chi connectivity index (χ4n) is 4.24. The predicted molar refractivity (Wildman–Crippen MR) is 98.7 cm³/mol. The summed E-state index contributed by atoms with van der Waals surface area (Å²) in [6.07, 6.45) is 4.23. The standard InChI is InChI=1S/C20H29N3O2/c1-3-12(2)19(24)23-16-6-4-5-13(9-16)11-22-20(25)17-14-7-8-15(10-14)18(17)21/h4-6,9,12,14-15,17-18H,3,7-8,10-11,21H2,1-2H3,(H,22,25)(H,23,24). The maximum atomic E-state index is 12.5. The van der Waals surface area contributed by atoms with Gasteiger partial charge in [-0.25, -0.2) is 0 Å². The third-order valence-electron chi connectivity index (χ3n) is 6.00. The molecule has 0 aliphatic heterocycles. The molecule has 25 heavy (non-hydrogen) atoms. The van der Waals surface area contributed by atoms with Crippen molar-refractivity contribution in [2.24, 2.45) is 29.4 Å². The Morgan fingerprint density at radius 1 is 1.28 bits per heavy atom. The van der Waals surface area contributed by atoms with Gasteiger partial charge in [-0.1, -0.05) is 26.0 Å². The molecule has 5 nitrogen and oxygen atoms in total. The van der Waals surface area contributed by atoms with E-state index in [1.807, 2.05) is 38.1 Å². The fourth-order valence-corrected chi connectivity index (χ4v) is 4.24. The number of carbonyl (C=O) groups is 2. The highest BCUT2D eigenvalue weighted by Crippen LogP contribution is 2.47. The average Bonchev–Trinajstić information content (AvgIpc) is 3.20. The summed E-state index contributed by atoms with van der Waals surface area (Å²) in [7, 11) is 0. The van der Waals surface area contributed by atoms with Crippen LogP contribution < -0.4 is 16.4 Å². The number of benzene rings is 1. The maximum Gasteiger partial charge on any atom is 0.227 e. The van der Waals surface area contributed by atoms with E-state index < -0.39 is 0 Å². The fraction of sp³-hybridized carbons (Fsp3) is 0.600. The zero-order chi connectivity index (χ0) is 18.0. The molecule has 0 spiro atoms. The Hall–Kier alpha value is -1.88. The van der Waals surface area contributed by atoms with Crippen LogP contribution in [0, 0.1) is 23.7 Å². The van der Waals surface area contributed by atoms with E-state index in [-0.39, 0.29) is 29.7 Å². The second-order valence-corrected chi connectivity index (χ2v) is 7.65. The SMILES string of the molecule is CCC(C)C(=O)Nc1cccc(CNC(=O)C2C3CCC(C3)C2N)c1. The molecule has 5 unspecified atom stereocenters. The maximum absolute atomic E-state index is 12.5. The summed E-state index contributed by atoms with van der Waals surface area (Å²) in [5, 5.41) is 5.97. The van der Waals surface area contributed by atoms with Gasteiger partial charge in [0.2, 0.25) is 11.8 Å². The van der Waals surface area contributed by atoms with Crippen molar-refractivity contribution in [3.8, 4) is 0 Å². The minimum Gasteiger partial charge on any atom is -0.352 e. The van der Waals surface area contributed by atoms with Crippen LogP contribution in [0.4, 0.5) is 5.69 Å². The van der Waals surface area contributed by atoms with Gasteiger partial charge in [0.25, 0.3) is 0 Å². The summed E-state index contributed by atoms with van der Waals surface area (Å²) < 4.78 is 0. The minimum absolute atomic E-state index is 0.0114. The van der Waals surface area contributed by atoms with Crippen LogP contribution in [0.3, 0.4) is 0 Å². The number of hydrogen-bond donors (Lipinski definition) is 3. The van der Waals surface area contributed by atoms with Crippen molar-refractivity contribution in [1.29, 1.82) is 0 Å². The lowest BCUT2D eigenvalue weighted by atomic mass is 9.84. The summed E-state index contributed by atoms with van der Waals surface area (Å²) in [6, 6.07) is 7.66. The lowest BCUT2D eigenvalue weighted by Crippen LogP contribution is -2.45. The molecule has 0 heterocycles. The molecule has 1 aromatic rings. The van der Waals surface area contributed by atoms with Gasteiger partial charge in [0, 0.05) is 24.2 Å². The van der Waals surface area contributed by atoms with Crippen molar-refractivity contribution in [1.82, 2.24) is 5.32 Å². The molecule has 2 aliphatic carbocycles. The second kappa shape index (κ2) is 7.56. The lowest BCUT2D eigenvalue weighted by molar-refractivity contribution is -0.127. The van der Waals surface area contributed by atoms with Crippen molar-refractivity contribution in [2.75, 3.05) is 5.32 Å². The number of anilines is 1. The molecule has 136 valence electrons. The quantitative estimate of drug-likeness (QED) is 0.742. The molecule has 0 saturated heterocycles. The Morgan fingerprint density at radius 2 is 2.04 bits per heavy atom. The van der Waals surface area contributed by atoms with Crippen LogP contribution in [0.5, 0.6) is 0 Å². The number of nitrogens with two attached hydrogens (primary N) is 1. The van der Waals surface area contributed by atoms with Gasteiger partial charge in [-0.2, -0.15) is 0 Å². The van der Waals surface area contributed by atoms with Gasteiger partial charge >= 0.3 is 0 Å². The third-order valence-corrected chi connectivity index (χ3v) is 6.00. The Bertz CT molecular complexity index is 644. The topological polar surface area (TPSA) is 84.2 Å². The lowest BCUT2D eigenvalue weighted by Gasteiger charge is -2.27. The van der Waals surface area contributed by atoms with Crippen LogP contribution in [-0.2, 0) is 16.1 Å². The molecular formula is C20H29N3O2. The highest BCUT2D eigenvalue weighted by atomic mass is 16.2. The van der Waals surface area contributed by atoms with Crippen LogP contribution in [0.25, 0.3) is 0 Å². The number of amides is 2. The van der Waals surface area contributed by atoms with Crippen molar-refractivity contribution in [2.45, 2.75) is 52.1 Å². The molecule has 3 rings (SSSR count). The Kier molecular flexibility index (Phi) is 5.42. The van der Waals surface area contributed by atoms with Crippen LogP contribution in [0.2, 0.25) is 0 Å². The van der Waals surface area contributed by atoms with E-state index in [1.165, 1.54) is 6.42 Å². The van der Waals surface area contributed by atoms with E-state index in [0.717, 1.165) is 30.5 Å². The first-order chi connectivity index (χ1) is 12.0. The molecule has 1 aromatic carbocycles. The average molecular weight is 343 g/mol. The van der Waals surface area contributed by atoms with Gasteiger partial charge in [0.05, 0.1) is 5.92 Å². The van der Waals surface area contributed by atoms with E-state index in [9.17, 15) is 9.59 Å². The van der Waals surface area contributed by atoms with E-state index in [2.05, 4.69) is 10.6 Å². The molecular weight excluding hydrogens is 314 g/mol. The van der Waals surface area contributed by atoms with Crippen molar-refractivity contribution in [3.05, 3.63) is 29.8 Å². The molecule has 2 bridgehead atoms. The van der Waals surface area contributed by atoms with Crippen LogP contribution in [0.1, 0.15) is 45.1 Å². The van der Waals surface area contributed by atoms with Gasteiger partial charge in [0.15, 0.2) is 0 Å². The number of carbonyl (C=O) groups excluding carboxylic acids is 2. The van der Waals surface area contributed by atoms with E-state index in [1.54, 1.807) is 0 Å². The number of fused-ring (bicyclic) bond motifs is 2. The molecule has 0 aromatic heterocycles. The van der Waals surface area contributed by atoms with Gasteiger partial charge in [-0.05, 0) is 55.2 Å². The Morgan fingerprint density at radius 3 is 2.72 bits per heavy atom. The molecule has 2 aliphatic rings. The van der Waals surface area contributed by atoms with Gasteiger partial charge in [-0.15, -0.1) is 0 Å². The highest BCUT2D eigenvalue weighted by molar-refractivity contribution is 5.92. The Labute approximate surface area is 149 Å². The first-order valence-corrected chi connectivity index (χ1v) is 9.42. The summed E-state index contributed by atoms with van der Waals surface area (Å²) >= 11 is 0. The molecule has 2 amide bonds. The molecule has 2 fully saturated rings. The number of nitrogens with one attached hydrogen (secondary N) is 2. The van der Waals surface area contributed by atoms with Crippen molar-refractivity contribution < 1.29 is 9.59 Å². The molecule has 5 atom stereocenters. The molecule has 0 radical (unpaired) electrons. The van der Waals surface area contributed by atoms with Crippen LogP contribution in [-0.4, -0.2) is 17.9 Å². The van der Waals surface area contributed by atoms with Crippen molar-refractivity contribution >= 4 is 17.5 Å². The Balaban J connectivity index is 1.56. The molecule has 4 N–H and O–H groups in total.